The number of hydrogen-bond acceptors (Lipinski definition) is 2. The van der Waals surface area contributed by atoms with Gasteiger partial charge < -0.3 is 10.1 Å². The van der Waals surface area contributed by atoms with E-state index in [-0.39, 0.29) is 17.7 Å². The number of halogens is 2. The van der Waals surface area contributed by atoms with Crippen molar-refractivity contribution in [1.29, 1.82) is 0 Å². The second-order valence-corrected chi connectivity index (χ2v) is 4.57. The van der Waals surface area contributed by atoms with Gasteiger partial charge >= 0.3 is 0 Å². The van der Waals surface area contributed by atoms with E-state index in [1.165, 1.54) is 19.2 Å². The fourth-order valence-electron chi connectivity index (χ4n) is 1.35. The van der Waals surface area contributed by atoms with Crippen LogP contribution in [-0.2, 0) is 0 Å². The maximum atomic E-state index is 13.3. The molecule has 2 rings (SSSR count). The molecule has 0 aliphatic heterocycles. The van der Waals surface area contributed by atoms with E-state index in [9.17, 15) is 9.18 Å². The molecule has 0 radical (unpaired) electrons. The average Bonchev–Trinajstić information content (AvgIpc) is 3.01. The van der Waals surface area contributed by atoms with E-state index in [2.05, 4.69) is 21.2 Å². The quantitative estimate of drug-likeness (QED) is 0.928. The predicted molar refractivity (Wildman–Crippen MR) is 61.1 cm³/mol. The number of amides is 1. The first-order chi connectivity index (χ1) is 7.61. The Kier molecular flexibility index (Phi) is 3.14. The molecule has 0 bridgehead atoms. The van der Waals surface area contributed by atoms with Crippen molar-refractivity contribution in [3.63, 3.8) is 0 Å². The van der Waals surface area contributed by atoms with Crippen LogP contribution < -0.4 is 10.1 Å². The van der Waals surface area contributed by atoms with E-state index in [1.54, 1.807) is 0 Å². The lowest BCUT2D eigenvalue weighted by molar-refractivity contribution is 0.0950. The van der Waals surface area contributed by atoms with Gasteiger partial charge in [0.25, 0.3) is 5.91 Å². The molecule has 1 aromatic carbocycles. The summed E-state index contributed by atoms with van der Waals surface area (Å²) in [6.45, 7) is 0. The number of carbonyl (C=O) groups excluding carboxylic acids is 1. The third-order valence-electron chi connectivity index (χ3n) is 2.40. The van der Waals surface area contributed by atoms with Crippen LogP contribution in [0.2, 0.25) is 0 Å². The molecular formula is C11H11BrFNO2. The van der Waals surface area contributed by atoms with Crippen LogP contribution in [0.25, 0.3) is 0 Å². The topological polar surface area (TPSA) is 38.3 Å². The van der Waals surface area contributed by atoms with Crippen LogP contribution in [0, 0.1) is 5.82 Å². The molecule has 1 aromatic rings. The summed E-state index contributed by atoms with van der Waals surface area (Å²) in [5.74, 6) is -0.617. The highest BCUT2D eigenvalue weighted by Crippen LogP contribution is 2.27. The Labute approximate surface area is 101 Å². The van der Waals surface area contributed by atoms with Crippen LogP contribution in [0.3, 0.4) is 0 Å². The molecule has 86 valence electrons. The van der Waals surface area contributed by atoms with Gasteiger partial charge in [-0.2, -0.15) is 0 Å². The van der Waals surface area contributed by atoms with Crippen molar-refractivity contribution in [3.8, 4) is 5.75 Å². The Bertz CT molecular complexity index is 432. The standard InChI is InChI=1S/C11H11BrFNO2/c1-16-10-4-7(8(12)5-9(10)13)11(15)14-6-2-3-6/h4-6H,2-3H2,1H3,(H,14,15). The minimum Gasteiger partial charge on any atom is -0.494 e. The van der Waals surface area contributed by atoms with Crippen LogP contribution in [0.1, 0.15) is 23.2 Å². The minimum atomic E-state index is -0.489. The molecule has 0 saturated heterocycles. The Balaban J connectivity index is 2.27. The molecule has 1 N–H and O–H groups in total. The number of carbonyl (C=O) groups is 1. The Morgan fingerprint density at radius 1 is 1.56 bits per heavy atom. The Morgan fingerprint density at radius 3 is 2.81 bits per heavy atom. The number of rotatable bonds is 3. The van der Waals surface area contributed by atoms with Crippen molar-refractivity contribution >= 4 is 21.8 Å². The molecule has 1 aliphatic carbocycles. The van der Waals surface area contributed by atoms with Crippen molar-refractivity contribution in [2.75, 3.05) is 7.11 Å². The smallest absolute Gasteiger partial charge is 0.252 e. The van der Waals surface area contributed by atoms with E-state index >= 15 is 0 Å². The van der Waals surface area contributed by atoms with Gasteiger partial charge in [0.1, 0.15) is 0 Å². The number of hydrogen-bond donors (Lipinski definition) is 1. The lowest BCUT2D eigenvalue weighted by Crippen LogP contribution is -2.25. The normalized spacial score (nSPS) is 14.7. The van der Waals surface area contributed by atoms with Gasteiger partial charge in [-0.3, -0.25) is 4.79 Å². The zero-order valence-corrected chi connectivity index (χ0v) is 10.3. The van der Waals surface area contributed by atoms with Crippen molar-refractivity contribution in [1.82, 2.24) is 5.32 Å². The number of benzene rings is 1. The van der Waals surface area contributed by atoms with E-state index in [0.29, 0.717) is 10.0 Å². The van der Waals surface area contributed by atoms with Gasteiger partial charge in [-0.05, 0) is 40.9 Å². The summed E-state index contributed by atoms with van der Waals surface area (Å²) in [5.41, 5.74) is 0.394. The summed E-state index contributed by atoms with van der Waals surface area (Å²) < 4.78 is 18.6. The van der Waals surface area contributed by atoms with Gasteiger partial charge in [-0.15, -0.1) is 0 Å². The summed E-state index contributed by atoms with van der Waals surface area (Å²) in [4.78, 5) is 11.8. The average molecular weight is 288 g/mol. The summed E-state index contributed by atoms with van der Waals surface area (Å²) in [6, 6.07) is 2.91. The van der Waals surface area contributed by atoms with Gasteiger partial charge in [0.15, 0.2) is 11.6 Å². The largest absolute Gasteiger partial charge is 0.494 e. The number of ether oxygens (including phenoxy) is 1. The molecule has 0 aromatic heterocycles. The second kappa shape index (κ2) is 4.41. The summed E-state index contributed by atoms with van der Waals surface area (Å²) >= 11 is 3.17. The van der Waals surface area contributed by atoms with Gasteiger partial charge in [-0.25, -0.2) is 4.39 Å². The van der Waals surface area contributed by atoms with Crippen LogP contribution in [0.5, 0.6) is 5.75 Å². The molecule has 0 spiro atoms. The van der Waals surface area contributed by atoms with E-state index in [1.807, 2.05) is 0 Å². The molecule has 1 aliphatic rings. The SMILES string of the molecule is COc1cc(C(=O)NC2CC2)c(Br)cc1F. The molecule has 0 unspecified atom stereocenters. The molecule has 1 saturated carbocycles. The lowest BCUT2D eigenvalue weighted by atomic mass is 10.2. The molecule has 5 heteroatoms. The third-order valence-corrected chi connectivity index (χ3v) is 3.05. The highest BCUT2D eigenvalue weighted by molar-refractivity contribution is 9.10. The van der Waals surface area contributed by atoms with Crippen molar-refractivity contribution in [2.45, 2.75) is 18.9 Å². The Morgan fingerprint density at radius 2 is 2.25 bits per heavy atom. The van der Waals surface area contributed by atoms with Crippen LogP contribution in [0.15, 0.2) is 16.6 Å². The summed E-state index contributed by atoms with van der Waals surface area (Å²) in [6.07, 6.45) is 2.03. The van der Waals surface area contributed by atoms with Crippen molar-refractivity contribution in [3.05, 3.63) is 28.0 Å². The zero-order valence-electron chi connectivity index (χ0n) is 8.72. The van der Waals surface area contributed by atoms with Crippen LogP contribution >= 0.6 is 15.9 Å². The molecule has 0 heterocycles. The van der Waals surface area contributed by atoms with Crippen molar-refractivity contribution < 1.29 is 13.9 Å². The van der Waals surface area contributed by atoms with E-state index in [0.717, 1.165) is 12.8 Å². The van der Waals surface area contributed by atoms with Crippen LogP contribution in [-0.4, -0.2) is 19.1 Å². The summed E-state index contributed by atoms with van der Waals surface area (Å²) in [5, 5.41) is 2.83. The summed E-state index contributed by atoms with van der Waals surface area (Å²) in [7, 11) is 1.37. The van der Waals surface area contributed by atoms with Gasteiger partial charge in [0.05, 0.1) is 12.7 Å². The Hall–Kier alpha value is -1.10. The molecule has 0 atom stereocenters. The first-order valence-corrected chi connectivity index (χ1v) is 5.75. The molecule has 16 heavy (non-hydrogen) atoms. The molecular weight excluding hydrogens is 277 g/mol. The maximum absolute atomic E-state index is 13.3. The lowest BCUT2D eigenvalue weighted by Gasteiger charge is -2.08. The highest BCUT2D eigenvalue weighted by atomic mass is 79.9. The highest BCUT2D eigenvalue weighted by Gasteiger charge is 2.25. The number of methoxy groups -OCH3 is 1. The third kappa shape index (κ3) is 2.35. The minimum absolute atomic E-state index is 0.0733. The van der Waals surface area contributed by atoms with E-state index in [4.69, 9.17) is 4.74 Å². The first kappa shape index (κ1) is 11.4. The fraction of sp³-hybridized carbons (Fsp3) is 0.364. The zero-order chi connectivity index (χ0) is 11.7. The second-order valence-electron chi connectivity index (χ2n) is 3.71. The van der Waals surface area contributed by atoms with Gasteiger partial charge in [0.2, 0.25) is 0 Å². The predicted octanol–water partition coefficient (Wildman–Crippen LogP) is 2.49. The van der Waals surface area contributed by atoms with Gasteiger partial charge in [-0.1, -0.05) is 0 Å². The maximum Gasteiger partial charge on any atom is 0.252 e. The fourth-order valence-corrected chi connectivity index (χ4v) is 1.85. The molecule has 1 fully saturated rings. The first-order valence-electron chi connectivity index (χ1n) is 4.95. The molecule has 1 amide bonds. The van der Waals surface area contributed by atoms with Gasteiger partial charge in [0, 0.05) is 10.5 Å². The van der Waals surface area contributed by atoms with E-state index < -0.39 is 5.82 Å². The number of nitrogens with one attached hydrogen (secondary N) is 1. The molecule has 3 nitrogen and oxygen atoms in total. The van der Waals surface area contributed by atoms with Crippen LogP contribution in [0.4, 0.5) is 4.39 Å². The monoisotopic (exact) mass is 287 g/mol. The van der Waals surface area contributed by atoms with Crippen molar-refractivity contribution in [2.24, 2.45) is 0 Å².